The Labute approximate surface area is 148 Å². The fourth-order valence-corrected chi connectivity index (χ4v) is 2.69. The molecule has 0 fully saturated rings. The number of amides is 1. The van der Waals surface area contributed by atoms with Gasteiger partial charge in [0.1, 0.15) is 0 Å². The second kappa shape index (κ2) is 7.26. The van der Waals surface area contributed by atoms with Crippen molar-refractivity contribution in [3.05, 3.63) is 47.6 Å². The van der Waals surface area contributed by atoms with E-state index >= 15 is 0 Å². The van der Waals surface area contributed by atoms with E-state index < -0.39 is 12.1 Å². The molecular weight excluding hydrogens is 340 g/mol. The number of anilines is 2. The Morgan fingerprint density at radius 2 is 2.15 bits per heavy atom. The number of aromatic nitrogens is 2. The summed E-state index contributed by atoms with van der Waals surface area (Å²) in [6, 6.07) is 6.22. The summed E-state index contributed by atoms with van der Waals surface area (Å²) in [7, 11) is 0. The molecule has 2 aromatic rings. The molecule has 1 aliphatic heterocycles. The molecule has 9 heteroatoms. The van der Waals surface area contributed by atoms with Gasteiger partial charge in [-0.1, -0.05) is 24.2 Å². The summed E-state index contributed by atoms with van der Waals surface area (Å²) in [6.45, 7) is 1.85. The minimum absolute atomic E-state index is 0.0263. The lowest BCUT2D eigenvalue weighted by atomic mass is 10.0. The molecule has 26 heavy (non-hydrogen) atoms. The van der Waals surface area contributed by atoms with Crippen LogP contribution in [0.25, 0.3) is 0 Å². The first-order chi connectivity index (χ1) is 12.4. The number of allylic oxidation sites excluding steroid dienone is 1. The average Bonchev–Trinajstić information content (AvgIpc) is 3.23. The smallest absolute Gasteiger partial charge is 0.337 e. The van der Waals surface area contributed by atoms with E-state index in [0.717, 1.165) is 0 Å². The first kappa shape index (κ1) is 17.5. The fourth-order valence-electron chi connectivity index (χ4n) is 2.69. The largest absolute Gasteiger partial charge is 0.485 e. The SMILES string of the molecule is CC(CC(=O)Nc1ccccc1C(=O)O)C1=CCC(c2nnc(N)o2)O1. The molecule has 1 aliphatic rings. The Bertz CT molecular complexity index is 860. The molecule has 1 amide bonds. The summed E-state index contributed by atoms with van der Waals surface area (Å²) in [4.78, 5) is 23.5. The zero-order valence-electron chi connectivity index (χ0n) is 14.0. The van der Waals surface area contributed by atoms with Crippen molar-refractivity contribution in [3.8, 4) is 0 Å². The number of carboxylic acids is 1. The third-order valence-electron chi connectivity index (χ3n) is 3.95. The van der Waals surface area contributed by atoms with E-state index in [2.05, 4.69) is 15.5 Å². The number of carbonyl (C=O) groups excluding carboxylic acids is 1. The summed E-state index contributed by atoms with van der Waals surface area (Å²) in [6.07, 6.45) is 2.14. The predicted molar refractivity (Wildman–Crippen MR) is 91.0 cm³/mol. The molecular formula is C17H18N4O5. The van der Waals surface area contributed by atoms with Crippen LogP contribution in [-0.4, -0.2) is 27.2 Å². The number of carbonyl (C=O) groups is 2. The highest BCUT2D eigenvalue weighted by atomic mass is 16.5. The van der Waals surface area contributed by atoms with Crippen molar-refractivity contribution in [2.75, 3.05) is 11.1 Å². The van der Waals surface area contributed by atoms with E-state index in [-0.39, 0.29) is 35.5 Å². The Hall–Kier alpha value is -3.36. The normalized spacial score (nSPS) is 17.3. The lowest BCUT2D eigenvalue weighted by Gasteiger charge is -2.16. The summed E-state index contributed by atoms with van der Waals surface area (Å²) >= 11 is 0. The van der Waals surface area contributed by atoms with Gasteiger partial charge in [-0.3, -0.25) is 4.79 Å². The van der Waals surface area contributed by atoms with Gasteiger partial charge < -0.3 is 25.3 Å². The third-order valence-corrected chi connectivity index (χ3v) is 3.95. The van der Waals surface area contributed by atoms with Crippen LogP contribution in [0.2, 0.25) is 0 Å². The number of hydrogen-bond acceptors (Lipinski definition) is 7. The summed E-state index contributed by atoms with van der Waals surface area (Å²) in [5, 5.41) is 19.2. The Kier molecular flexibility index (Phi) is 4.87. The molecule has 2 atom stereocenters. The number of benzene rings is 1. The van der Waals surface area contributed by atoms with E-state index in [1.54, 1.807) is 18.2 Å². The van der Waals surface area contributed by atoms with E-state index in [1.165, 1.54) is 6.07 Å². The highest BCUT2D eigenvalue weighted by Gasteiger charge is 2.28. The lowest BCUT2D eigenvalue weighted by Crippen LogP contribution is -2.18. The zero-order valence-corrected chi connectivity index (χ0v) is 14.0. The Morgan fingerprint density at radius 3 is 2.85 bits per heavy atom. The van der Waals surface area contributed by atoms with Gasteiger partial charge in [0.05, 0.1) is 17.0 Å². The van der Waals surface area contributed by atoms with Crippen LogP contribution in [0.15, 0.2) is 40.5 Å². The number of nitrogens with two attached hydrogens (primary N) is 1. The number of hydrogen-bond donors (Lipinski definition) is 3. The summed E-state index contributed by atoms with van der Waals surface area (Å²) < 4.78 is 10.9. The first-order valence-corrected chi connectivity index (χ1v) is 8.01. The first-order valence-electron chi connectivity index (χ1n) is 8.01. The number of nitrogen functional groups attached to an aromatic ring is 1. The zero-order chi connectivity index (χ0) is 18.7. The third kappa shape index (κ3) is 3.82. The summed E-state index contributed by atoms with van der Waals surface area (Å²) in [5.41, 5.74) is 5.71. The molecule has 0 radical (unpaired) electrons. The number of rotatable bonds is 6. The average molecular weight is 358 g/mol. The molecule has 1 aromatic carbocycles. The highest BCUT2D eigenvalue weighted by Crippen LogP contribution is 2.34. The highest BCUT2D eigenvalue weighted by molar-refractivity contribution is 6.00. The van der Waals surface area contributed by atoms with Gasteiger partial charge in [0.2, 0.25) is 5.91 Å². The van der Waals surface area contributed by atoms with Crippen molar-refractivity contribution in [1.82, 2.24) is 10.2 Å². The van der Waals surface area contributed by atoms with Crippen molar-refractivity contribution in [2.24, 2.45) is 5.92 Å². The van der Waals surface area contributed by atoms with Crippen LogP contribution in [0.1, 0.15) is 42.1 Å². The van der Waals surface area contributed by atoms with Crippen LogP contribution in [0.4, 0.5) is 11.7 Å². The molecule has 3 rings (SSSR count). The van der Waals surface area contributed by atoms with Crippen LogP contribution in [-0.2, 0) is 9.53 Å². The van der Waals surface area contributed by atoms with Crippen molar-refractivity contribution in [1.29, 1.82) is 0 Å². The molecule has 1 aromatic heterocycles. The van der Waals surface area contributed by atoms with Gasteiger partial charge in [0.15, 0.2) is 6.10 Å². The molecule has 2 unspecified atom stereocenters. The van der Waals surface area contributed by atoms with Gasteiger partial charge in [0.25, 0.3) is 5.89 Å². The molecule has 136 valence electrons. The fraction of sp³-hybridized carbons (Fsp3) is 0.294. The minimum Gasteiger partial charge on any atom is -0.485 e. The van der Waals surface area contributed by atoms with Crippen LogP contribution in [0.3, 0.4) is 0 Å². The van der Waals surface area contributed by atoms with E-state index in [0.29, 0.717) is 18.1 Å². The Morgan fingerprint density at radius 1 is 1.38 bits per heavy atom. The number of nitrogens with one attached hydrogen (secondary N) is 1. The van der Waals surface area contributed by atoms with Crippen LogP contribution < -0.4 is 11.1 Å². The van der Waals surface area contributed by atoms with Gasteiger partial charge in [0, 0.05) is 18.8 Å². The molecule has 0 spiro atoms. The maximum atomic E-state index is 12.3. The van der Waals surface area contributed by atoms with E-state index in [9.17, 15) is 9.59 Å². The van der Waals surface area contributed by atoms with Gasteiger partial charge in [-0.2, -0.15) is 0 Å². The molecule has 2 heterocycles. The number of aromatic carboxylic acids is 1. The summed E-state index contributed by atoms with van der Waals surface area (Å²) in [5.74, 6) is -0.662. The molecule has 0 bridgehead atoms. The molecule has 4 N–H and O–H groups in total. The predicted octanol–water partition coefficient (Wildman–Crippen LogP) is 2.36. The molecule has 9 nitrogen and oxygen atoms in total. The van der Waals surface area contributed by atoms with Crippen LogP contribution in [0.5, 0.6) is 0 Å². The molecule has 0 saturated carbocycles. The topological polar surface area (TPSA) is 141 Å². The van der Waals surface area contributed by atoms with E-state index in [4.69, 9.17) is 20.0 Å². The van der Waals surface area contributed by atoms with Crippen molar-refractivity contribution in [2.45, 2.75) is 25.9 Å². The lowest BCUT2D eigenvalue weighted by molar-refractivity contribution is -0.117. The van der Waals surface area contributed by atoms with Gasteiger partial charge in [-0.15, -0.1) is 5.10 Å². The van der Waals surface area contributed by atoms with Gasteiger partial charge in [-0.25, -0.2) is 4.79 Å². The second-order valence-electron chi connectivity index (χ2n) is 5.93. The monoisotopic (exact) mass is 358 g/mol. The van der Waals surface area contributed by atoms with E-state index in [1.807, 2.05) is 13.0 Å². The molecule has 0 aliphatic carbocycles. The second-order valence-corrected chi connectivity index (χ2v) is 5.93. The van der Waals surface area contributed by atoms with Gasteiger partial charge in [-0.05, 0) is 18.2 Å². The van der Waals surface area contributed by atoms with Gasteiger partial charge >= 0.3 is 12.0 Å². The maximum Gasteiger partial charge on any atom is 0.337 e. The minimum atomic E-state index is -1.10. The standard InChI is InChI=1S/C17H18N4O5/c1-9(12-6-7-13(25-12)15-20-21-17(18)26-15)8-14(22)19-11-5-3-2-4-10(11)16(23)24/h2-6,9,13H,7-8H2,1H3,(H2,18,21)(H,19,22)(H,23,24). The molecule has 0 saturated heterocycles. The van der Waals surface area contributed by atoms with Crippen molar-refractivity contribution < 1.29 is 23.8 Å². The van der Waals surface area contributed by atoms with Crippen LogP contribution in [0, 0.1) is 5.92 Å². The number of nitrogens with zero attached hydrogens (tertiary/aromatic N) is 2. The number of ether oxygens (including phenoxy) is 1. The van der Waals surface area contributed by atoms with Crippen molar-refractivity contribution >= 4 is 23.6 Å². The number of carboxylic acid groups (broad SMARTS) is 1. The van der Waals surface area contributed by atoms with Crippen molar-refractivity contribution in [3.63, 3.8) is 0 Å². The van der Waals surface area contributed by atoms with Crippen LogP contribution >= 0.6 is 0 Å². The maximum absolute atomic E-state index is 12.3. The number of para-hydroxylation sites is 1. The quantitative estimate of drug-likeness (QED) is 0.714. The Balaban J connectivity index is 1.58.